The van der Waals surface area contributed by atoms with Gasteiger partial charge in [-0.25, -0.2) is 4.98 Å². The molecule has 0 radical (unpaired) electrons. The van der Waals surface area contributed by atoms with E-state index in [9.17, 15) is 0 Å². The minimum Gasteiger partial charge on any atom is -0.483 e. The molecule has 1 atom stereocenters. The molecule has 1 aromatic carbocycles. The lowest BCUT2D eigenvalue weighted by Gasteiger charge is -2.14. The van der Waals surface area contributed by atoms with Gasteiger partial charge in [-0.15, -0.1) is 11.3 Å². The maximum atomic E-state index is 5.94. The van der Waals surface area contributed by atoms with Crippen LogP contribution >= 0.6 is 11.3 Å². The molecular weight excluding hydrogens is 244 g/mol. The number of aromatic nitrogens is 1. The first-order chi connectivity index (χ1) is 8.70. The highest BCUT2D eigenvalue weighted by molar-refractivity contribution is 7.09. The van der Waals surface area contributed by atoms with Crippen molar-refractivity contribution in [3.8, 4) is 5.75 Å². The first-order valence-corrected chi connectivity index (χ1v) is 6.95. The quantitative estimate of drug-likeness (QED) is 0.900. The van der Waals surface area contributed by atoms with Crippen LogP contribution in [0, 0.1) is 6.92 Å². The standard InChI is InChI=1S/C14H18N2OS/c1-10-5-3-4-6-13(10)17-11(2)14-16-12(7-8-15)9-18-14/h3-6,9,11H,7-8,15H2,1-2H3. The van der Waals surface area contributed by atoms with Gasteiger partial charge in [0.25, 0.3) is 0 Å². The van der Waals surface area contributed by atoms with Crippen LogP contribution in [0.25, 0.3) is 0 Å². The van der Waals surface area contributed by atoms with Crippen molar-refractivity contribution in [3.05, 3.63) is 45.9 Å². The number of hydrogen-bond donors (Lipinski definition) is 1. The largest absolute Gasteiger partial charge is 0.483 e. The Hall–Kier alpha value is -1.39. The second-order valence-corrected chi connectivity index (χ2v) is 5.13. The van der Waals surface area contributed by atoms with Crippen LogP contribution in [0.1, 0.15) is 29.3 Å². The molecular formula is C14H18N2OS. The van der Waals surface area contributed by atoms with E-state index in [1.807, 2.05) is 38.1 Å². The van der Waals surface area contributed by atoms with Gasteiger partial charge in [-0.05, 0) is 32.0 Å². The van der Waals surface area contributed by atoms with E-state index >= 15 is 0 Å². The molecule has 0 aliphatic heterocycles. The highest BCUT2D eigenvalue weighted by Gasteiger charge is 2.12. The number of nitrogens with zero attached hydrogens (tertiary/aromatic N) is 1. The van der Waals surface area contributed by atoms with E-state index in [1.165, 1.54) is 0 Å². The number of nitrogens with two attached hydrogens (primary N) is 1. The minimum atomic E-state index is -0.0253. The predicted octanol–water partition coefficient (Wildman–Crippen LogP) is 3.09. The zero-order valence-corrected chi connectivity index (χ0v) is 11.5. The Morgan fingerprint density at radius 1 is 1.39 bits per heavy atom. The normalized spacial score (nSPS) is 12.4. The Morgan fingerprint density at radius 3 is 2.89 bits per heavy atom. The molecule has 18 heavy (non-hydrogen) atoms. The highest BCUT2D eigenvalue weighted by Crippen LogP contribution is 2.26. The van der Waals surface area contributed by atoms with E-state index in [0.29, 0.717) is 6.54 Å². The molecule has 2 N–H and O–H groups in total. The first-order valence-electron chi connectivity index (χ1n) is 6.07. The Morgan fingerprint density at radius 2 is 2.17 bits per heavy atom. The number of thiazole rings is 1. The third-order valence-corrected chi connectivity index (χ3v) is 3.77. The molecule has 0 spiro atoms. The second kappa shape index (κ2) is 5.98. The number of aryl methyl sites for hydroxylation is 1. The van der Waals surface area contributed by atoms with Crippen LogP contribution in [-0.2, 0) is 6.42 Å². The Kier molecular flexibility index (Phi) is 4.33. The SMILES string of the molecule is Cc1ccccc1OC(C)c1nc(CCN)cs1. The first kappa shape index (κ1) is 13.1. The maximum Gasteiger partial charge on any atom is 0.147 e. The van der Waals surface area contributed by atoms with Gasteiger partial charge in [0, 0.05) is 11.8 Å². The molecule has 0 bridgehead atoms. The summed E-state index contributed by atoms with van der Waals surface area (Å²) in [6, 6.07) is 8.02. The second-order valence-electron chi connectivity index (χ2n) is 4.24. The maximum absolute atomic E-state index is 5.94. The topological polar surface area (TPSA) is 48.1 Å². The van der Waals surface area contributed by atoms with Gasteiger partial charge in [0.05, 0.1) is 5.69 Å². The van der Waals surface area contributed by atoms with Crippen molar-refractivity contribution in [2.45, 2.75) is 26.4 Å². The highest BCUT2D eigenvalue weighted by atomic mass is 32.1. The molecule has 0 aliphatic rings. The molecule has 2 aromatic rings. The van der Waals surface area contributed by atoms with Crippen LogP contribution in [0.5, 0.6) is 5.75 Å². The van der Waals surface area contributed by atoms with Crippen molar-refractivity contribution in [2.75, 3.05) is 6.54 Å². The van der Waals surface area contributed by atoms with Crippen molar-refractivity contribution < 1.29 is 4.74 Å². The van der Waals surface area contributed by atoms with Crippen LogP contribution in [0.2, 0.25) is 0 Å². The van der Waals surface area contributed by atoms with Crippen LogP contribution < -0.4 is 10.5 Å². The van der Waals surface area contributed by atoms with Crippen LogP contribution in [0.4, 0.5) is 0 Å². The lowest BCUT2D eigenvalue weighted by atomic mass is 10.2. The average molecular weight is 262 g/mol. The van der Waals surface area contributed by atoms with Crippen LogP contribution in [0.15, 0.2) is 29.6 Å². The molecule has 1 aromatic heterocycles. The summed E-state index contributed by atoms with van der Waals surface area (Å²) < 4.78 is 5.94. The molecule has 0 aliphatic carbocycles. The van der Waals surface area contributed by atoms with Crippen molar-refractivity contribution in [1.82, 2.24) is 4.98 Å². The van der Waals surface area contributed by atoms with Gasteiger partial charge in [0.2, 0.25) is 0 Å². The van der Waals surface area contributed by atoms with Gasteiger partial charge in [0.1, 0.15) is 16.9 Å². The van der Waals surface area contributed by atoms with Crippen molar-refractivity contribution in [3.63, 3.8) is 0 Å². The molecule has 1 unspecified atom stereocenters. The van der Waals surface area contributed by atoms with Crippen molar-refractivity contribution in [2.24, 2.45) is 5.73 Å². The fourth-order valence-electron chi connectivity index (χ4n) is 1.70. The van der Waals surface area contributed by atoms with Crippen LogP contribution in [0.3, 0.4) is 0 Å². The Labute approximate surface area is 112 Å². The molecule has 0 fully saturated rings. The summed E-state index contributed by atoms with van der Waals surface area (Å²) in [4.78, 5) is 4.54. The monoisotopic (exact) mass is 262 g/mol. The molecule has 3 nitrogen and oxygen atoms in total. The molecule has 0 saturated heterocycles. The minimum absolute atomic E-state index is 0.0253. The number of benzene rings is 1. The summed E-state index contributed by atoms with van der Waals surface area (Å²) in [5, 5.41) is 3.06. The van der Waals surface area contributed by atoms with Gasteiger partial charge in [-0.1, -0.05) is 18.2 Å². The lowest BCUT2D eigenvalue weighted by Crippen LogP contribution is -2.06. The number of rotatable bonds is 5. The van der Waals surface area contributed by atoms with Gasteiger partial charge in [-0.3, -0.25) is 0 Å². The van der Waals surface area contributed by atoms with E-state index in [0.717, 1.165) is 28.4 Å². The number of para-hydroxylation sites is 1. The van der Waals surface area contributed by atoms with Gasteiger partial charge < -0.3 is 10.5 Å². The summed E-state index contributed by atoms with van der Waals surface area (Å²) in [5.41, 5.74) is 7.72. The zero-order chi connectivity index (χ0) is 13.0. The summed E-state index contributed by atoms with van der Waals surface area (Å²) in [6.45, 7) is 4.71. The fourth-order valence-corrected chi connectivity index (χ4v) is 2.54. The fraction of sp³-hybridized carbons (Fsp3) is 0.357. The summed E-state index contributed by atoms with van der Waals surface area (Å²) in [7, 11) is 0. The molecule has 1 heterocycles. The summed E-state index contributed by atoms with van der Waals surface area (Å²) >= 11 is 1.63. The zero-order valence-electron chi connectivity index (χ0n) is 10.7. The number of hydrogen-bond acceptors (Lipinski definition) is 4. The third-order valence-electron chi connectivity index (χ3n) is 2.72. The Bertz CT molecular complexity index is 510. The van der Waals surface area contributed by atoms with E-state index in [2.05, 4.69) is 10.4 Å². The van der Waals surface area contributed by atoms with E-state index in [1.54, 1.807) is 11.3 Å². The third kappa shape index (κ3) is 3.09. The summed E-state index contributed by atoms with van der Waals surface area (Å²) in [6.07, 6.45) is 0.802. The average Bonchev–Trinajstić information content (AvgIpc) is 2.81. The molecule has 4 heteroatoms. The molecule has 2 rings (SSSR count). The van der Waals surface area contributed by atoms with Gasteiger partial charge in [0.15, 0.2) is 0 Å². The van der Waals surface area contributed by atoms with Crippen LogP contribution in [-0.4, -0.2) is 11.5 Å². The smallest absolute Gasteiger partial charge is 0.147 e. The van der Waals surface area contributed by atoms with E-state index < -0.39 is 0 Å². The van der Waals surface area contributed by atoms with Crippen molar-refractivity contribution >= 4 is 11.3 Å². The predicted molar refractivity (Wildman–Crippen MR) is 75.1 cm³/mol. The van der Waals surface area contributed by atoms with Gasteiger partial charge >= 0.3 is 0 Å². The Balaban J connectivity index is 2.07. The molecule has 96 valence electrons. The van der Waals surface area contributed by atoms with E-state index in [4.69, 9.17) is 10.5 Å². The van der Waals surface area contributed by atoms with E-state index in [-0.39, 0.29) is 6.10 Å². The number of ether oxygens (including phenoxy) is 1. The molecule has 0 saturated carbocycles. The summed E-state index contributed by atoms with van der Waals surface area (Å²) in [5.74, 6) is 0.917. The van der Waals surface area contributed by atoms with Crippen molar-refractivity contribution in [1.29, 1.82) is 0 Å². The lowest BCUT2D eigenvalue weighted by molar-refractivity contribution is 0.224. The molecule has 0 amide bonds. The van der Waals surface area contributed by atoms with Gasteiger partial charge in [-0.2, -0.15) is 0 Å².